The van der Waals surface area contributed by atoms with Gasteiger partial charge in [0.25, 0.3) is 5.91 Å². The Balaban J connectivity index is 1.62. The van der Waals surface area contributed by atoms with Crippen molar-refractivity contribution in [2.45, 2.75) is 50.7 Å². The first-order valence-corrected chi connectivity index (χ1v) is 10.8. The van der Waals surface area contributed by atoms with E-state index in [9.17, 15) is 9.90 Å². The van der Waals surface area contributed by atoms with E-state index < -0.39 is 5.60 Å². The van der Waals surface area contributed by atoms with Crippen LogP contribution >= 0.6 is 0 Å². The van der Waals surface area contributed by atoms with Crippen LogP contribution in [0.3, 0.4) is 0 Å². The first-order valence-electron chi connectivity index (χ1n) is 10.8. The molecule has 3 N–H and O–H groups in total. The average Bonchev–Trinajstić information content (AvgIpc) is 3.28. The number of carbonyl (C=O) groups is 1. The molecular weight excluding hydrogens is 378 g/mol. The molecule has 0 radical (unpaired) electrons. The maximum atomic E-state index is 13.3. The van der Waals surface area contributed by atoms with Gasteiger partial charge in [-0.05, 0) is 49.9 Å². The number of rotatable bonds is 4. The van der Waals surface area contributed by atoms with Gasteiger partial charge in [0.1, 0.15) is 11.3 Å². The van der Waals surface area contributed by atoms with Crippen molar-refractivity contribution >= 4 is 11.9 Å². The molecule has 2 fully saturated rings. The monoisotopic (exact) mass is 409 g/mol. The molecule has 2 aliphatic heterocycles. The van der Waals surface area contributed by atoms with Gasteiger partial charge in [-0.25, -0.2) is 9.97 Å². The molecule has 1 amide bonds. The van der Waals surface area contributed by atoms with Gasteiger partial charge in [-0.15, -0.1) is 0 Å². The van der Waals surface area contributed by atoms with E-state index in [4.69, 9.17) is 5.73 Å². The number of anilines is 1. The van der Waals surface area contributed by atoms with Gasteiger partial charge in [0.15, 0.2) is 0 Å². The van der Waals surface area contributed by atoms with E-state index in [1.807, 2.05) is 49.1 Å². The summed E-state index contributed by atoms with van der Waals surface area (Å²) in [6.45, 7) is 6.85. The van der Waals surface area contributed by atoms with Gasteiger partial charge >= 0.3 is 0 Å². The van der Waals surface area contributed by atoms with Gasteiger partial charge in [0.2, 0.25) is 5.95 Å². The van der Waals surface area contributed by atoms with E-state index >= 15 is 0 Å². The zero-order valence-electron chi connectivity index (χ0n) is 17.8. The van der Waals surface area contributed by atoms with Crippen molar-refractivity contribution in [2.75, 3.05) is 31.9 Å². The second-order valence-electron chi connectivity index (χ2n) is 8.74. The minimum atomic E-state index is -0.976. The summed E-state index contributed by atoms with van der Waals surface area (Å²) in [6, 6.07) is 11.4. The lowest BCUT2D eigenvalue weighted by Gasteiger charge is -2.48. The van der Waals surface area contributed by atoms with Crippen molar-refractivity contribution < 1.29 is 9.90 Å². The highest BCUT2D eigenvalue weighted by Crippen LogP contribution is 2.37. The Morgan fingerprint density at radius 2 is 1.87 bits per heavy atom. The van der Waals surface area contributed by atoms with Crippen molar-refractivity contribution in [3.8, 4) is 0 Å². The number of carbonyl (C=O) groups excluding carboxylic acids is 1. The molecule has 2 saturated heterocycles. The fourth-order valence-electron chi connectivity index (χ4n) is 4.69. The van der Waals surface area contributed by atoms with Gasteiger partial charge in [-0.2, -0.15) is 0 Å². The molecule has 0 bridgehead atoms. The van der Waals surface area contributed by atoms with Gasteiger partial charge < -0.3 is 15.7 Å². The quantitative estimate of drug-likeness (QED) is 0.805. The van der Waals surface area contributed by atoms with Crippen molar-refractivity contribution in [1.82, 2.24) is 19.8 Å². The van der Waals surface area contributed by atoms with E-state index in [1.165, 1.54) is 0 Å². The third kappa shape index (κ3) is 3.91. The third-order valence-corrected chi connectivity index (χ3v) is 6.42. The first-order chi connectivity index (χ1) is 14.4. The number of likely N-dealkylation sites (tertiary alicyclic amines) is 2. The summed E-state index contributed by atoms with van der Waals surface area (Å²) in [6.07, 6.45) is 2.73. The van der Waals surface area contributed by atoms with Crippen LogP contribution in [0.1, 0.15) is 60.8 Å². The minimum Gasteiger partial charge on any atom is -0.383 e. The standard InChI is InChI=1S/C23H31N5O2/c1-16(2)18-14-19(26-22(24)25-18)21(29)28-13-10-23(30,17-8-4-3-5-9-17)20(15-28)27-11-6-7-12-27/h3-5,8-9,14,16,20,30H,6-7,10-13,15H2,1-2H3,(H2,24,25,26)/t20-,23+/m1/s1. The maximum absolute atomic E-state index is 13.3. The Hall–Kier alpha value is -2.51. The molecule has 3 heterocycles. The average molecular weight is 410 g/mol. The minimum absolute atomic E-state index is 0.124. The molecule has 2 aromatic rings. The van der Waals surface area contributed by atoms with Gasteiger partial charge in [0.05, 0.1) is 6.04 Å². The van der Waals surface area contributed by atoms with E-state index in [1.54, 1.807) is 6.07 Å². The lowest BCUT2D eigenvalue weighted by atomic mass is 9.79. The van der Waals surface area contributed by atoms with E-state index in [0.29, 0.717) is 25.2 Å². The van der Waals surface area contributed by atoms with Crippen LogP contribution in [0.4, 0.5) is 5.95 Å². The Morgan fingerprint density at radius 3 is 2.53 bits per heavy atom. The summed E-state index contributed by atoms with van der Waals surface area (Å²) in [7, 11) is 0. The predicted octanol–water partition coefficient (Wildman–Crippen LogP) is 2.38. The number of hydrogen-bond donors (Lipinski definition) is 2. The summed E-state index contributed by atoms with van der Waals surface area (Å²) < 4.78 is 0. The number of piperidine rings is 1. The summed E-state index contributed by atoms with van der Waals surface area (Å²) >= 11 is 0. The summed E-state index contributed by atoms with van der Waals surface area (Å²) in [5.74, 6) is 0.132. The Labute approximate surface area is 177 Å². The van der Waals surface area contributed by atoms with Crippen LogP contribution in [0.2, 0.25) is 0 Å². The Bertz CT molecular complexity index is 898. The van der Waals surface area contributed by atoms with E-state index in [-0.39, 0.29) is 23.8 Å². The van der Waals surface area contributed by atoms with Crippen LogP contribution in [-0.4, -0.2) is 63.0 Å². The molecule has 30 heavy (non-hydrogen) atoms. The highest BCUT2D eigenvalue weighted by Gasteiger charge is 2.47. The van der Waals surface area contributed by atoms with Gasteiger partial charge in [0, 0.05) is 18.8 Å². The molecule has 0 saturated carbocycles. The topological polar surface area (TPSA) is 95.6 Å². The van der Waals surface area contributed by atoms with Gasteiger partial charge in [-0.1, -0.05) is 44.2 Å². The summed E-state index contributed by atoms with van der Waals surface area (Å²) in [5, 5.41) is 11.8. The Kier molecular flexibility index (Phi) is 5.75. The molecule has 0 unspecified atom stereocenters. The second-order valence-corrected chi connectivity index (χ2v) is 8.74. The highest BCUT2D eigenvalue weighted by molar-refractivity contribution is 5.92. The fourth-order valence-corrected chi connectivity index (χ4v) is 4.69. The molecule has 1 aromatic carbocycles. The fraction of sp³-hybridized carbons (Fsp3) is 0.522. The van der Waals surface area contributed by atoms with Crippen molar-refractivity contribution in [3.05, 3.63) is 53.3 Å². The zero-order chi connectivity index (χ0) is 21.3. The molecule has 2 aliphatic rings. The SMILES string of the molecule is CC(C)c1cc(C(=O)N2CC[C@](O)(c3ccccc3)[C@H](N3CCCC3)C2)nc(N)n1. The third-order valence-electron chi connectivity index (χ3n) is 6.42. The summed E-state index contributed by atoms with van der Waals surface area (Å²) in [5.41, 5.74) is 6.91. The Morgan fingerprint density at radius 1 is 1.17 bits per heavy atom. The van der Waals surface area contributed by atoms with Crippen LogP contribution < -0.4 is 5.73 Å². The van der Waals surface area contributed by atoms with E-state index in [2.05, 4.69) is 14.9 Å². The lowest BCUT2D eigenvalue weighted by molar-refractivity contribution is -0.0878. The summed E-state index contributed by atoms with van der Waals surface area (Å²) in [4.78, 5) is 25.9. The number of nitrogens with two attached hydrogens (primary N) is 1. The largest absolute Gasteiger partial charge is 0.383 e. The number of amides is 1. The number of aliphatic hydroxyl groups is 1. The number of nitrogens with zero attached hydrogens (tertiary/aromatic N) is 4. The first kappa shape index (κ1) is 20.8. The van der Waals surface area contributed by atoms with E-state index in [0.717, 1.165) is 37.2 Å². The normalized spacial score (nSPS) is 25.1. The number of aromatic nitrogens is 2. The predicted molar refractivity (Wildman–Crippen MR) is 116 cm³/mol. The highest BCUT2D eigenvalue weighted by atomic mass is 16.3. The molecule has 7 heteroatoms. The number of nitrogen functional groups attached to an aromatic ring is 1. The zero-order valence-corrected chi connectivity index (χ0v) is 17.8. The van der Waals surface area contributed by atoms with Crippen LogP contribution in [0.5, 0.6) is 0 Å². The van der Waals surface area contributed by atoms with Crippen molar-refractivity contribution in [1.29, 1.82) is 0 Å². The molecule has 4 rings (SSSR count). The van der Waals surface area contributed by atoms with Crippen LogP contribution in [-0.2, 0) is 5.60 Å². The maximum Gasteiger partial charge on any atom is 0.272 e. The number of benzene rings is 1. The van der Waals surface area contributed by atoms with Crippen LogP contribution in [0.25, 0.3) is 0 Å². The molecule has 0 aliphatic carbocycles. The molecule has 0 spiro atoms. The molecular formula is C23H31N5O2. The molecule has 7 nitrogen and oxygen atoms in total. The van der Waals surface area contributed by atoms with Crippen LogP contribution in [0, 0.1) is 0 Å². The molecule has 2 atom stereocenters. The number of hydrogen-bond acceptors (Lipinski definition) is 6. The van der Waals surface area contributed by atoms with Gasteiger partial charge in [-0.3, -0.25) is 9.69 Å². The lowest BCUT2D eigenvalue weighted by Crippen LogP contribution is -2.61. The molecule has 1 aromatic heterocycles. The van der Waals surface area contributed by atoms with Crippen molar-refractivity contribution in [2.24, 2.45) is 0 Å². The molecule has 160 valence electrons. The smallest absolute Gasteiger partial charge is 0.272 e. The second kappa shape index (κ2) is 8.32. The van der Waals surface area contributed by atoms with Crippen molar-refractivity contribution in [3.63, 3.8) is 0 Å². The van der Waals surface area contributed by atoms with Crippen LogP contribution in [0.15, 0.2) is 36.4 Å².